The van der Waals surface area contributed by atoms with E-state index in [1.54, 1.807) is 0 Å². The van der Waals surface area contributed by atoms with Crippen molar-refractivity contribution in [1.29, 1.82) is 0 Å². The largest absolute Gasteiger partial charge is 0.294 e. The van der Waals surface area contributed by atoms with Gasteiger partial charge in [0.25, 0.3) is 11.4 Å². The normalized spacial score (nSPS) is 9.30. The fraction of sp³-hybridized carbons (Fsp3) is 0. The van der Waals surface area contributed by atoms with Gasteiger partial charge in [-0.05, 0) is 18.2 Å². The number of nitrogens with zero attached hydrogens (tertiary/aromatic N) is 2. The summed E-state index contributed by atoms with van der Waals surface area (Å²) in [7, 11) is 0. The number of non-ortho nitro benzene ring substituents is 1. The van der Waals surface area contributed by atoms with Crippen LogP contribution < -0.4 is 0 Å². The number of nitro benzene ring substituents is 2. The standard InChI is InChI=1S/C6H3ClN2O4.C6H5Cl/c7-5-2-1-4(8(10)11)3-6(5)9(12)13;7-6-4-2-1-3-5-6/h1-3H;1-5H. The van der Waals surface area contributed by atoms with Crippen LogP contribution in [0.3, 0.4) is 0 Å². The molecule has 0 spiro atoms. The molecule has 0 N–H and O–H groups in total. The molecular formula is C12H8Cl2N2O4. The van der Waals surface area contributed by atoms with Gasteiger partial charge in [0.05, 0.1) is 15.9 Å². The summed E-state index contributed by atoms with van der Waals surface area (Å²) in [4.78, 5) is 19.0. The van der Waals surface area contributed by atoms with Gasteiger partial charge in [-0.25, -0.2) is 0 Å². The van der Waals surface area contributed by atoms with Gasteiger partial charge in [-0.15, -0.1) is 0 Å². The van der Waals surface area contributed by atoms with Gasteiger partial charge in [-0.1, -0.05) is 41.4 Å². The van der Waals surface area contributed by atoms with Crippen molar-refractivity contribution in [3.63, 3.8) is 0 Å². The Bertz CT molecular complexity index is 620. The molecule has 2 aromatic rings. The molecule has 0 saturated carbocycles. The van der Waals surface area contributed by atoms with Gasteiger partial charge in [-0.3, -0.25) is 20.2 Å². The van der Waals surface area contributed by atoms with Crippen LogP contribution in [0.25, 0.3) is 0 Å². The van der Waals surface area contributed by atoms with E-state index in [1.165, 1.54) is 0 Å². The third-order valence-corrected chi connectivity index (χ3v) is 2.64. The number of rotatable bonds is 2. The Hall–Kier alpha value is -2.18. The smallest absolute Gasteiger partial charge is 0.258 e. The van der Waals surface area contributed by atoms with Crippen LogP contribution in [0.15, 0.2) is 48.5 Å². The first kappa shape index (κ1) is 15.9. The molecule has 0 unspecified atom stereocenters. The molecule has 0 fully saturated rings. The van der Waals surface area contributed by atoms with Crippen LogP contribution in [0.1, 0.15) is 0 Å². The van der Waals surface area contributed by atoms with Crippen molar-refractivity contribution >= 4 is 34.6 Å². The lowest BCUT2D eigenvalue weighted by Gasteiger charge is -1.94. The molecule has 0 amide bonds. The topological polar surface area (TPSA) is 86.3 Å². The van der Waals surface area contributed by atoms with Crippen LogP contribution in [-0.4, -0.2) is 9.85 Å². The highest BCUT2D eigenvalue weighted by atomic mass is 35.5. The SMILES string of the molecule is Clc1ccccc1.O=[N+]([O-])c1ccc(Cl)c([N+](=O)[O-])c1. The van der Waals surface area contributed by atoms with Crippen LogP contribution in [0.4, 0.5) is 11.4 Å². The van der Waals surface area contributed by atoms with Gasteiger partial charge >= 0.3 is 0 Å². The Balaban J connectivity index is 0.000000240. The predicted octanol–water partition coefficient (Wildman–Crippen LogP) is 4.50. The second kappa shape index (κ2) is 7.42. The number of nitro groups is 2. The highest BCUT2D eigenvalue weighted by Gasteiger charge is 2.17. The molecule has 0 bridgehead atoms. The third kappa shape index (κ3) is 4.83. The monoisotopic (exact) mass is 314 g/mol. The summed E-state index contributed by atoms with van der Waals surface area (Å²) in [5.74, 6) is 0. The van der Waals surface area contributed by atoms with Crippen molar-refractivity contribution < 1.29 is 9.85 Å². The number of halogens is 2. The van der Waals surface area contributed by atoms with Gasteiger partial charge < -0.3 is 0 Å². The zero-order valence-corrected chi connectivity index (χ0v) is 11.4. The Morgan fingerprint density at radius 1 is 0.850 bits per heavy atom. The lowest BCUT2D eigenvalue weighted by atomic mass is 10.3. The predicted molar refractivity (Wildman–Crippen MR) is 76.2 cm³/mol. The van der Waals surface area contributed by atoms with Crippen molar-refractivity contribution in [2.45, 2.75) is 0 Å². The van der Waals surface area contributed by atoms with E-state index in [0.717, 1.165) is 23.2 Å². The number of hydrogen-bond acceptors (Lipinski definition) is 4. The fourth-order valence-electron chi connectivity index (χ4n) is 1.17. The zero-order valence-electron chi connectivity index (χ0n) is 9.90. The van der Waals surface area contributed by atoms with Crippen molar-refractivity contribution in [2.24, 2.45) is 0 Å². The van der Waals surface area contributed by atoms with E-state index in [0.29, 0.717) is 0 Å². The van der Waals surface area contributed by atoms with Crippen LogP contribution in [0, 0.1) is 20.2 Å². The second-order valence-electron chi connectivity index (χ2n) is 3.45. The minimum atomic E-state index is -0.769. The second-order valence-corrected chi connectivity index (χ2v) is 4.29. The molecule has 20 heavy (non-hydrogen) atoms. The van der Waals surface area contributed by atoms with Crippen molar-refractivity contribution in [2.75, 3.05) is 0 Å². The molecular weight excluding hydrogens is 307 g/mol. The summed E-state index contributed by atoms with van der Waals surface area (Å²) in [6.45, 7) is 0. The number of hydrogen-bond donors (Lipinski definition) is 0. The minimum Gasteiger partial charge on any atom is -0.258 e. The lowest BCUT2D eigenvalue weighted by molar-refractivity contribution is -0.394. The molecule has 0 aromatic heterocycles. The molecule has 0 saturated heterocycles. The minimum absolute atomic E-state index is 0.115. The third-order valence-electron chi connectivity index (χ3n) is 2.07. The summed E-state index contributed by atoms with van der Waals surface area (Å²) in [5, 5.41) is 21.2. The van der Waals surface area contributed by atoms with Crippen LogP contribution in [0.2, 0.25) is 10.0 Å². The molecule has 0 radical (unpaired) electrons. The molecule has 6 nitrogen and oxygen atoms in total. The maximum atomic E-state index is 10.3. The van der Waals surface area contributed by atoms with Crippen molar-refractivity contribution in [1.82, 2.24) is 0 Å². The first-order valence-electron chi connectivity index (χ1n) is 5.20. The van der Waals surface area contributed by atoms with Gasteiger partial charge in [0.2, 0.25) is 0 Å². The first-order valence-corrected chi connectivity index (χ1v) is 5.96. The Morgan fingerprint density at radius 3 is 1.85 bits per heavy atom. The molecule has 0 aliphatic rings. The molecule has 0 aliphatic carbocycles. The van der Waals surface area contributed by atoms with E-state index in [1.807, 2.05) is 30.3 Å². The Labute approximate surface area is 123 Å². The maximum Gasteiger partial charge on any atom is 0.294 e. The van der Waals surface area contributed by atoms with Gasteiger partial charge in [-0.2, -0.15) is 0 Å². The Morgan fingerprint density at radius 2 is 1.45 bits per heavy atom. The zero-order chi connectivity index (χ0) is 15.1. The average Bonchev–Trinajstić information content (AvgIpc) is 2.40. The molecule has 104 valence electrons. The molecule has 0 aliphatic heterocycles. The molecule has 0 atom stereocenters. The average molecular weight is 315 g/mol. The van der Waals surface area contributed by atoms with E-state index >= 15 is 0 Å². The molecule has 2 rings (SSSR count). The van der Waals surface area contributed by atoms with Gasteiger partial charge in [0.15, 0.2) is 0 Å². The van der Waals surface area contributed by atoms with E-state index in [2.05, 4.69) is 0 Å². The van der Waals surface area contributed by atoms with Gasteiger partial charge in [0.1, 0.15) is 5.02 Å². The van der Waals surface area contributed by atoms with E-state index in [4.69, 9.17) is 23.2 Å². The van der Waals surface area contributed by atoms with Crippen LogP contribution in [0.5, 0.6) is 0 Å². The summed E-state index contributed by atoms with van der Waals surface area (Å²) in [6.07, 6.45) is 0. The molecule has 8 heteroatoms. The quantitative estimate of drug-likeness (QED) is 0.603. The molecule has 0 heterocycles. The highest BCUT2D eigenvalue weighted by Crippen LogP contribution is 2.28. The summed E-state index contributed by atoms with van der Waals surface area (Å²) in [5.41, 5.74) is -0.813. The van der Waals surface area contributed by atoms with Gasteiger partial charge in [0, 0.05) is 11.1 Å². The Kier molecular flexibility index (Phi) is 5.89. The fourth-order valence-corrected chi connectivity index (χ4v) is 1.50. The van der Waals surface area contributed by atoms with E-state index < -0.39 is 15.5 Å². The lowest BCUT2D eigenvalue weighted by Crippen LogP contribution is -1.92. The maximum absolute atomic E-state index is 10.3. The van der Waals surface area contributed by atoms with E-state index in [9.17, 15) is 20.2 Å². The van der Waals surface area contributed by atoms with Crippen molar-refractivity contribution in [3.8, 4) is 0 Å². The summed E-state index contributed by atoms with van der Waals surface area (Å²) < 4.78 is 0. The van der Waals surface area contributed by atoms with Crippen LogP contribution in [-0.2, 0) is 0 Å². The summed E-state index contributed by atoms with van der Waals surface area (Å²) >= 11 is 11.0. The van der Waals surface area contributed by atoms with Crippen molar-refractivity contribution in [3.05, 3.63) is 78.8 Å². The first-order chi connectivity index (χ1) is 9.41. The molecule has 2 aromatic carbocycles. The highest BCUT2D eigenvalue weighted by molar-refractivity contribution is 6.32. The summed E-state index contributed by atoms with van der Waals surface area (Å²) in [6, 6.07) is 12.5. The van der Waals surface area contributed by atoms with E-state index in [-0.39, 0.29) is 10.7 Å². The number of benzene rings is 2. The van der Waals surface area contributed by atoms with Crippen LogP contribution >= 0.6 is 23.2 Å².